The molecule has 0 saturated carbocycles. The molecule has 0 heterocycles. The van der Waals surface area contributed by atoms with E-state index in [9.17, 15) is 0 Å². The van der Waals surface area contributed by atoms with E-state index < -0.39 is 9.28 Å². The third-order valence-electron chi connectivity index (χ3n) is 3.06. The number of hydrogen-bond donors (Lipinski definition) is 0. The van der Waals surface area contributed by atoms with Crippen LogP contribution in [0.5, 0.6) is 0 Å². The predicted octanol–water partition coefficient (Wildman–Crippen LogP) is 0.579. The van der Waals surface area contributed by atoms with E-state index >= 15 is 0 Å². The lowest BCUT2D eigenvalue weighted by Gasteiger charge is -2.21. The molecule has 1 aromatic carbocycles. The van der Waals surface area contributed by atoms with Gasteiger partial charge < -0.3 is 18.7 Å². The minimum Gasteiger partial charge on any atom is -0.392 e. The van der Waals surface area contributed by atoms with Crippen LogP contribution in [0.4, 0.5) is 0 Å². The van der Waals surface area contributed by atoms with Crippen LogP contribution in [0.15, 0.2) is 24.3 Å². The quantitative estimate of drug-likeness (QED) is 0.622. The Balaban J connectivity index is 2.61. The van der Waals surface area contributed by atoms with Gasteiger partial charge in [-0.05, 0) is 45.9 Å². The van der Waals surface area contributed by atoms with Gasteiger partial charge in [0.25, 0.3) is 0 Å². The third-order valence-corrected chi connectivity index (χ3v) is 5.29. The van der Waals surface area contributed by atoms with Crippen LogP contribution in [0.2, 0.25) is 0 Å². The molecule has 0 aromatic heterocycles. The Morgan fingerprint density at radius 2 is 1.40 bits per heavy atom. The first-order valence-electron chi connectivity index (χ1n) is 7.09. The summed E-state index contributed by atoms with van der Waals surface area (Å²) in [5.74, 6) is 0. The molecule has 1 rings (SSSR count). The fourth-order valence-corrected chi connectivity index (χ4v) is 3.59. The third kappa shape index (κ3) is 6.63. The first-order valence-corrected chi connectivity index (χ1v) is 8.61. The number of hydrogen-bond acceptors (Lipinski definition) is 4. The maximum absolute atomic E-state index is 6.06. The largest absolute Gasteiger partial charge is 0.392 e. The zero-order chi connectivity index (χ0) is 15.0. The fraction of sp³-hybridized carbons (Fsp3) is 0.600. The highest BCUT2D eigenvalue weighted by atomic mass is 28.3. The van der Waals surface area contributed by atoms with Crippen molar-refractivity contribution in [3.05, 3.63) is 29.8 Å². The van der Waals surface area contributed by atoms with Gasteiger partial charge >= 0.3 is 9.28 Å². The van der Waals surface area contributed by atoms with Gasteiger partial charge in [0, 0.05) is 26.3 Å². The molecule has 0 saturated heterocycles. The predicted molar refractivity (Wildman–Crippen MR) is 87.0 cm³/mol. The van der Waals surface area contributed by atoms with Gasteiger partial charge in [-0.25, -0.2) is 0 Å². The molecular formula is C15H28N2O2Si. The molecule has 0 spiro atoms. The SMILES string of the molecule is Cc1ccccc1[SiH](OCCN(C)C)OCCN(C)C. The molecule has 0 amide bonds. The molecule has 1 aromatic rings. The maximum Gasteiger partial charge on any atom is 0.356 e. The van der Waals surface area contributed by atoms with E-state index in [1.165, 1.54) is 10.8 Å². The molecule has 114 valence electrons. The van der Waals surface area contributed by atoms with Crippen molar-refractivity contribution in [1.29, 1.82) is 0 Å². The minimum absolute atomic E-state index is 0.722. The van der Waals surface area contributed by atoms with Crippen molar-refractivity contribution in [3.8, 4) is 0 Å². The maximum atomic E-state index is 6.06. The van der Waals surface area contributed by atoms with Crippen LogP contribution in [-0.2, 0) is 8.85 Å². The fourth-order valence-electron chi connectivity index (χ4n) is 1.76. The second-order valence-corrected chi connectivity index (χ2v) is 7.49. The number of likely N-dealkylation sites (N-methyl/N-ethyl adjacent to an activating group) is 2. The van der Waals surface area contributed by atoms with Gasteiger partial charge in [0.15, 0.2) is 0 Å². The van der Waals surface area contributed by atoms with E-state index in [-0.39, 0.29) is 0 Å². The van der Waals surface area contributed by atoms with Crippen molar-refractivity contribution >= 4 is 14.5 Å². The summed E-state index contributed by atoms with van der Waals surface area (Å²) < 4.78 is 12.1. The topological polar surface area (TPSA) is 24.9 Å². The lowest BCUT2D eigenvalue weighted by atomic mass is 10.2. The monoisotopic (exact) mass is 296 g/mol. The molecule has 0 atom stereocenters. The summed E-state index contributed by atoms with van der Waals surface area (Å²) in [4.78, 5) is 4.26. The second-order valence-electron chi connectivity index (χ2n) is 5.54. The Hall–Kier alpha value is -0.723. The van der Waals surface area contributed by atoms with Crippen molar-refractivity contribution in [2.45, 2.75) is 6.92 Å². The Labute approximate surface area is 125 Å². The minimum atomic E-state index is -1.80. The smallest absolute Gasteiger partial charge is 0.356 e. The van der Waals surface area contributed by atoms with Crippen LogP contribution >= 0.6 is 0 Å². The standard InChI is InChI=1S/C15H28N2O2Si/c1-14-8-6-7-9-15(14)20(18-12-10-16(2)3)19-13-11-17(4)5/h6-9,20H,10-13H2,1-5H3. The Morgan fingerprint density at radius 3 is 1.85 bits per heavy atom. The summed E-state index contributed by atoms with van der Waals surface area (Å²) in [7, 11) is 6.42. The molecule has 0 bridgehead atoms. The lowest BCUT2D eigenvalue weighted by Crippen LogP contribution is -2.41. The average molecular weight is 296 g/mol. The van der Waals surface area contributed by atoms with Crippen molar-refractivity contribution < 1.29 is 8.85 Å². The number of rotatable bonds is 9. The summed E-state index contributed by atoms with van der Waals surface area (Å²) in [6.07, 6.45) is 0. The summed E-state index contributed by atoms with van der Waals surface area (Å²) in [6.45, 7) is 5.42. The highest BCUT2D eigenvalue weighted by molar-refractivity contribution is 6.61. The van der Waals surface area contributed by atoms with Crippen molar-refractivity contribution in [1.82, 2.24) is 9.80 Å². The van der Waals surface area contributed by atoms with E-state index in [1.54, 1.807) is 0 Å². The molecule has 0 aliphatic carbocycles. The van der Waals surface area contributed by atoms with Gasteiger partial charge in [0.2, 0.25) is 0 Å². The molecule has 4 nitrogen and oxygen atoms in total. The average Bonchev–Trinajstić information content (AvgIpc) is 2.37. The molecule has 0 aliphatic rings. The molecule has 5 heteroatoms. The van der Waals surface area contributed by atoms with Crippen LogP contribution in [0.1, 0.15) is 5.56 Å². The van der Waals surface area contributed by atoms with Crippen molar-refractivity contribution in [2.75, 3.05) is 54.5 Å². The summed E-state index contributed by atoms with van der Waals surface area (Å²) in [5.41, 5.74) is 1.26. The van der Waals surface area contributed by atoms with E-state index in [0.717, 1.165) is 26.3 Å². The van der Waals surface area contributed by atoms with Gasteiger partial charge in [-0.15, -0.1) is 0 Å². The van der Waals surface area contributed by atoms with Gasteiger partial charge in [-0.2, -0.15) is 0 Å². The molecule has 0 aliphatic heterocycles. The Kier molecular flexibility index (Phi) is 8.02. The molecule has 0 fully saturated rings. The van der Waals surface area contributed by atoms with E-state index in [1.807, 2.05) is 0 Å². The van der Waals surface area contributed by atoms with Gasteiger partial charge in [0.05, 0.1) is 0 Å². The van der Waals surface area contributed by atoms with Crippen LogP contribution in [0.25, 0.3) is 0 Å². The summed E-state index contributed by atoms with van der Waals surface area (Å²) >= 11 is 0. The van der Waals surface area contributed by atoms with Crippen LogP contribution in [0, 0.1) is 6.92 Å². The summed E-state index contributed by atoms with van der Waals surface area (Å²) in [6, 6.07) is 8.38. The zero-order valence-corrected chi connectivity index (χ0v) is 14.6. The Bertz CT molecular complexity index is 372. The van der Waals surface area contributed by atoms with Crippen LogP contribution in [0.3, 0.4) is 0 Å². The van der Waals surface area contributed by atoms with Crippen molar-refractivity contribution in [2.24, 2.45) is 0 Å². The normalized spacial score (nSPS) is 11.8. The molecule has 20 heavy (non-hydrogen) atoms. The van der Waals surface area contributed by atoms with Gasteiger partial charge in [-0.3, -0.25) is 0 Å². The van der Waals surface area contributed by atoms with Crippen molar-refractivity contribution in [3.63, 3.8) is 0 Å². The molecule has 0 unspecified atom stereocenters. The zero-order valence-electron chi connectivity index (χ0n) is 13.4. The first kappa shape index (κ1) is 17.3. The Morgan fingerprint density at radius 1 is 0.900 bits per heavy atom. The van der Waals surface area contributed by atoms with Crippen LogP contribution < -0.4 is 5.19 Å². The number of nitrogens with zero attached hydrogens (tertiary/aromatic N) is 2. The first-order chi connectivity index (χ1) is 9.50. The van der Waals surface area contributed by atoms with Gasteiger partial charge in [-0.1, -0.05) is 24.3 Å². The second kappa shape index (κ2) is 9.26. The number of aryl methyl sites for hydroxylation is 1. The van der Waals surface area contributed by atoms with E-state index in [0.29, 0.717) is 0 Å². The van der Waals surface area contributed by atoms with E-state index in [4.69, 9.17) is 8.85 Å². The molecular weight excluding hydrogens is 268 g/mol. The van der Waals surface area contributed by atoms with Crippen LogP contribution in [-0.4, -0.2) is 73.6 Å². The van der Waals surface area contributed by atoms with Gasteiger partial charge in [0.1, 0.15) is 0 Å². The lowest BCUT2D eigenvalue weighted by molar-refractivity contribution is 0.177. The summed E-state index contributed by atoms with van der Waals surface area (Å²) in [5, 5.41) is 1.25. The highest BCUT2D eigenvalue weighted by Crippen LogP contribution is 2.00. The molecule has 0 N–H and O–H groups in total. The van der Waals surface area contributed by atoms with E-state index in [2.05, 4.69) is 69.2 Å². The molecule has 0 radical (unpaired) electrons. The highest BCUT2D eigenvalue weighted by Gasteiger charge is 2.18. The number of benzene rings is 1.